The van der Waals surface area contributed by atoms with Gasteiger partial charge in [0.2, 0.25) is 0 Å². The summed E-state index contributed by atoms with van der Waals surface area (Å²) in [6.07, 6.45) is 5.07. The lowest BCUT2D eigenvalue weighted by Gasteiger charge is -2.43. The maximum Gasteiger partial charge on any atom is 0.414 e. The third-order valence-electron chi connectivity index (χ3n) is 4.78. The lowest BCUT2D eigenvalue weighted by molar-refractivity contribution is -0.159. The second-order valence-corrected chi connectivity index (χ2v) is 8.22. The fourth-order valence-corrected chi connectivity index (χ4v) is 3.97. The van der Waals surface area contributed by atoms with Gasteiger partial charge in [0.25, 0.3) is 5.91 Å². The number of rotatable bonds is 2. The Morgan fingerprint density at radius 1 is 1.12 bits per heavy atom. The zero-order chi connectivity index (χ0) is 23.1. The van der Waals surface area contributed by atoms with Gasteiger partial charge in [0.1, 0.15) is 17.1 Å². The highest BCUT2D eigenvalue weighted by Crippen LogP contribution is 2.26. The number of carboxylic acids is 2. The molecule has 2 saturated heterocycles. The number of carbonyl (C=O) groups excluding carboxylic acids is 1. The summed E-state index contributed by atoms with van der Waals surface area (Å²) in [5, 5.41) is 17.5. The third kappa shape index (κ3) is 5.96. The highest BCUT2D eigenvalue weighted by Gasteiger charge is 2.42. The molecule has 2 aliphatic heterocycles. The van der Waals surface area contributed by atoms with Crippen LogP contribution in [0.2, 0.25) is 0 Å². The van der Waals surface area contributed by atoms with Gasteiger partial charge in [-0.05, 0) is 6.92 Å². The van der Waals surface area contributed by atoms with Crippen LogP contribution in [0.3, 0.4) is 0 Å². The molecule has 0 aromatic carbocycles. The van der Waals surface area contributed by atoms with Crippen LogP contribution in [0.25, 0.3) is 0 Å². The number of nitrogens with zero attached hydrogens (tertiary/aromatic N) is 5. The van der Waals surface area contributed by atoms with E-state index in [0.29, 0.717) is 51.7 Å². The van der Waals surface area contributed by atoms with E-state index in [1.807, 2.05) is 17.2 Å². The van der Waals surface area contributed by atoms with Crippen LogP contribution in [-0.4, -0.2) is 99.5 Å². The smallest absolute Gasteiger partial charge is 0.414 e. The quantitative estimate of drug-likeness (QED) is 0.582. The first-order chi connectivity index (χ1) is 15.3. The maximum absolute atomic E-state index is 12.8. The zero-order valence-electron chi connectivity index (χ0n) is 17.3. The summed E-state index contributed by atoms with van der Waals surface area (Å²) in [5.41, 5.74) is -0.0719. The van der Waals surface area contributed by atoms with Crippen LogP contribution in [-0.2, 0) is 19.1 Å². The summed E-state index contributed by atoms with van der Waals surface area (Å²) in [4.78, 5) is 47.8. The second kappa shape index (κ2) is 10.4. The molecule has 172 valence electrons. The number of hydrogen-bond donors (Lipinski definition) is 2. The Kier molecular flexibility index (Phi) is 7.66. The summed E-state index contributed by atoms with van der Waals surface area (Å²) >= 11 is 1.49. The SMILES string of the molecule is Cc1nc(C(=O)N2CCOC3(COCCN(c4cnccn4)C3)C2)cs1.O=C(O)C(=O)O. The molecule has 2 N–H and O–H groups in total. The number of amides is 1. The predicted molar refractivity (Wildman–Crippen MR) is 112 cm³/mol. The molecule has 1 unspecified atom stereocenters. The molecule has 12 nitrogen and oxygen atoms in total. The van der Waals surface area contributed by atoms with Crippen molar-refractivity contribution < 1.29 is 34.1 Å². The summed E-state index contributed by atoms with van der Waals surface area (Å²) in [6, 6.07) is 0. The average molecular weight is 465 g/mol. The number of ether oxygens (including phenoxy) is 2. The molecule has 1 atom stereocenters. The van der Waals surface area contributed by atoms with Crippen LogP contribution in [0.15, 0.2) is 24.0 Å². The van der Waals surface area contributed by atoms with Gasteiger partial charge in [-0.3, -0.25) is 9.78 Å². The molecule has 0 bridgehead atoms. The molecular formula is C19H23N5O7S. The Morgan fingerprint density at radius 2 is 1.91 bits per heavy atom. The van der Waals surface area contributed by atoms with Crippen LogP contribution < -0.4 is 4.90 Å². The highest BCUT2D eigenvalue weighted by atomic mass is 32.1. The minimum Gasteiger partial charge on any atom is -0.473 e. The summed E-state index contributed by atoms with van der Waals surface area (Å²) < 4.78 is 11.9. The van der Waals surface area contributed by atoms with E-state index in [1.165, 1.54) is 11.3 Å². The van der Waals surface area contributed by atoms with E-state index < -0.39 is 17.5 Å². The number of morpholine rings is 1. The van der Waals surface area contributed by atoms with Crippen molar-refractivity contribution in [2.24, 2.45) is 0 Å². The lowest BCUT2D eigenvalue weighted by atomic mass is 10.0. The van der Waals surface area contributed by atoms with Gasteiger partial charge >= 0.3 is 11.9 Å². The number of carboxylic acid groups (broad SMARTS) is 2. The van der Waals surface area contributed by atoms with Crippen LogP contribution in [0, 0.1) is 6.92 Å². The molecule has 13 heteroatoms. The van der Waals surface area contributed by atoms with Gasteiger partial charge in [-0.1, -0.05) is 0 Å². The number of carbonyl (C=O) groups is 3. The highest BCUT2D eigenvalue weighted by molar-refractivity contribution is 7.09. The van der Waals surface area contributed by atoms with Gasteiger partial charge in [-0.15, -0.1) is 11.3 Å². The predicted octanol–water partition coefficient (Wildman–Crippen LogP) is 0.145. The van der Waals surface area contributed by atoms with Crippen molar-refractivity contribution in [2.75, 3.05) is 50.9 Å². The first-order valence-electron chi connectivity index (χ1n) is 9.70. The van der Waals surface area contributed by atoms with Crippen molar-refractivity contribution in [3.8, 4) is 0 Å². The number of anilines is 1. The largest absolute Gasteiger partial charge is 0.473 e. The number of hydrogen-bond acceptors (Lipinski definition) is 10. The fourth-order valence-electron chi connectivity index (χ4n) is 3.38. The van der Waals surface area contributed by atoms with E-state index in [9.17, 15) is 4.79 Å². The van der Waals surface area contributed by atoms with Crippen molar-refractivity contribution in [1.82, 2.24) is 19.9 Å². The summed E-state index contributed by atoms with van der Waals surface area (Å²) in [6.45, 7) is 5.76. The Balaban J connectivity index is 0.000000427. The van der Waals surface area contributed by atoms with Crippen molar-refractivity contribution in [3.05, 3.63) is 34.7 Å². The van der Waals surface area contributed by atoms with Crippen molar-refractivity contribution in [3.63, 3.8) is 0 Å². The summed E-state index contributed by atoms with van der Waals surface area (Å²) in [5.74, 6) is -2.91. The first-order valence-corrected chi connectivity index (χ1v) is 10.6. The number of thiazole rings is 1. The minimum absolute atomic E-state index is 0.0488. The van der Waals surface area contributed by atoms with Gasteiger partial charge in [-0.25, -0.2) is 19.6 Å². The Labute approximate surface area is 187 Å². The monoisotopic (exact) mass is 465 g/mol. The molecule has 0 saturated carbocycles. The number of aromatic nitrogens is 3. The van der Waals surface area contributed by atoms with E-state index in [0.717, 1.165) is 10.8 Å². The standard InChI is InChI=1S/C17H21N5O3S.C2H2O4/c1-13-20-14(9-26-13)16(23)22-5-7-25-17(11-22)10-21(4-6-24-12-17)15-8-18-2-3-19-15;3-1(4)2(5)6/h2-3,8-9H,4-7,10-12H2,1H3;(H,3,4)(H,5,6). The molecule has 0 radical (unpaired) electrons. The molecule has 32 heavy (non-hydrogen) atoms. The second-order valence-electron chi connectivity index (χ2n) is 7.16. The number of aliphatic carboxylic acids is 2. The van der Waals surface area contributed by atoms with Gasteiger partial charge in [-0.2, -0.15) is 0 Å². The fraction of sp³-hybridized carbons (Fsp3) is 0.474. The first kappa shape index (κ1) is 23.5. The Hall–Kier alpha value is -3.16. The van der Waals surface area contributed by atoms with Gasteiger partial charge in [0.05, 0.1) is 44.1 Å². The van der Waals surface area contributed by atoms with E-state index in [4.69, 9.17) is 29.3 Å². The average Bonchev–Trinajstić information content (AvgIpc) is 3.12. The molecule has 2 fully saturated rings. The van der Waals surface area contributed by atoms with E-state index in [2.05, 4.69) is 19.9 Å². The Bertz CT molecular complexity index is 945. The molecule has 1 amide bonds. The molecular weight excluding hydrogens is 442 g/mol. The molecule has 4 rings (SSSR count). The van der Waals surface area contributed by atoms with E-state index >= 15 is 0 Å². The Morgan fingerprint density at radius 3 is 2.53 bits per heavy atom. The summed E-state index contributed by atoms with van der Waals surface area (Å²) in [7, 11) is 0. The topological polar surface area (TPSA) is 155 Å². The molecule has 1 spiro atoms. The van der Waals surface area contributed by atoms with Crippen LogP contribution in [0.4, 0.5) is 5.82 Å². The molecule has 4 heterocycles. The van der Waals surface area contributed by atoms with E-state index in [1.54, 1.807) is 18.6 Å². The molecule has 2 aromatic heterocycles. The molecule has 2 aromatic rings. The van der Waals surface area contributed by atoms with Crippen LogP contribution >= 0.6 is 11.3 Å². The third-order valence-corrected chi connectivity index (χ3v) is 5.55. The normalized spacial score (nSPS) is 20.8. The van der Waals surface area contributed by atoms with Crippen molar-refractivity contribution in [2.45, 2.75) is 12.5 Å². The van der Waals surface area contributed by atoms with E-state index in [-0.39, 0.29) is 5.91 Å². The maximum atomic E-state index is 12.8. The molecule has 0 aliphatic carbocycles. The zero-order valence-corrected chi connectivity index (χ0v) is 18.2. The van der Waals surface area contributed by atoms with Crippen molar-refractivity contribution in [1.29, 1.82) is 0 Å². The minimum atomic E-state index is -1.82. The van der Waals surface area contributed by atoms with Gasteiger partial charge in [0, 0.05) is 30.9 Å². The number of aryl methyl sites for hydroxylation is 1. The van der Waals surface area contributed by atoms with Crippen molar-refractivity contribution >= 4 is 35.0 Å². The van der Waals surface area contributed by atoms with Gasteiger partial charge < -0.3 is 29.5 Å². The van der Waals surface area contributed by atoms with Crippen LogP contribution in [0.5, 0.6) is 0 Å². The molecule has 2 aliphatic rings. The van der Waals surface area contributed by atoms with Crippen LogP contribution in [0.1, 0.15) is 15.5 Å². The lowest BCUT2D eigenvalue weighted by Crippen LogP contribution is -2.60. The van der Waals surface area contributed by atoms with Gasteiger partial charge in [0.15, 0.2) is 0 Å².